The van der Waals surface area contributed by atoms with Crippen molar-refractivity contribution in [3.63, 3.8) is 0 Å². The summed E-state index contributed by atoms with van der Waals surface area (Å²) in [6.45, 7) is 4.77. The molecule has 0 unspecified atom stereocenters. The van der Waals surface area contributed by atoms with E-state index in [1.54, 1.807) is 0 Å². The maximum absolute atomic E-state index is 2.48. The summed E-state index contributed by atoms with van der Waals surface area (Å²) in [5, 5.41) is 4.50. The van der Waals surface area contributed by atoms with Gasteiger partial charge < -0.3 is 0 Å². The summed E-state index contributed by atoms with van der Waals surface area (Å²) in [4.78, 5) is 0. The van der Waals surface area contributed by atoms with Crippen molar-refractivity contribution in [2.24, 2.45) is 0 Å². The number of benzene rings is 3. The third-order valence-corrected chi connectivity index (χ3v) is 10.3. The summed E-state index contributed by atoms with van der Waals surface area (Å²) in [5.74, 6) is 0. The molecular weight excluding hydrogens is 331 g/mol. The van der Waals surface area contributed by atoms with Crippen molar-refractivity contribution in [3.05, 3.63) is 91.0 Å². The second-order valence-electron chi connectivity index (χ2n) is 7.07. The quantitative estimate of drug-likeness (QED) is 0.343. The van der Waals surface area contributed by atoms with Gasteiger partial charge in [0.05, 0.1) is 5.66 Å². The molecule has 0 bridgehead atoms. The average molecular weight is 361 g/mol. The second-order valence-corrected chi connectivity index (χ2v) is 11.0. The number of hydrogen-bond donors (Lipinski definition) is 0. The maximum Gasteiger partial charge on any atom is 0.114 e. The van der Waals surface area contributed by atoms with Gasteiger partial charge in [-0.2, -0.15) is 0 Å². The Balaban J connectivity index is 2.21. The Hall–Kier alpha value is -1.91. The van der Waals surface area contributed by atoms with E-state index in [1.165, 1.54) is 41.6 Å². The molecule has 0 radical (unpaired) electrons. The lowest BCUT2D eigenvalue weighted by Gasteiger charge is -2.33. The molecule has 0 saturated heterocycles. The number of unbranched alkanes of at least 4 members (excludes halogenated alkanes) is 2. The van der Waals surface area contributed by atoms with Crippen LogP contribution in [0.15, 0.2) is 91.0 Å². The van der Waals surface area contributed by atoms with E-state index < -0.39 is 7.26 Å². The Kier molecular flexibility index (Phi) is 6.64. The van der Waals surface area contributed by atoms with Crippen molar-refractivity contribution < 1.29 is 0 Å². The van der Waals surface area contributed by atoms with Crippen LogP contribution < -0.4 is 15.9 Å². The van der Waals surface area contributed by atoms with Gasteiger partial charge in [-0.3, -0.25) is 0 Å². The monoisotopic (exact) mass is 361 g/mol. The predicted molar refractivity (Wildman–Crippen MR) is 119 cm³/mol. The fourth-order valence-corrected chi connectivity index (χ4v) is 9.00. The van der Waals surface area contributed by atoms with E-state index >= 15 is 0 Å². The van der Waals surface area contributed by atoms with Crippen molar-refractivity contribution in [2.45, 2.75) is 45.2 Å². The van der Waals surface area contributed by atoms with E-state index in [4.69, 9.17) is 0 Å². The minimum atomic E-state index is -1.68. The van der Waals surface area contributed by atoms with Gasteiger partial charge in [-0.25, -0.2) is 0 Å². The second kappa shape index (κ2) is 9.15. The van der Waals surface area contributed by atoms with Crippen LogP contribution in [-0.4, -0.2) is 5.66 Å². The van der Waals surface area contributed by atoms with E-state index in [0.717, 1.165) is 0 Å². The van der Waals surface area contributed by atoms with Gasteiger partial charge >= 0.3 is 0 Å². The Morgan fingerprint density at radius 2 is 1.00 bits per heavy atom. The molecule has 0 spiro atoms. The summed E-state index contributed by atoms with van der Waals surface area (Å²) >= 11 is 0. The fraction of sp³-hybridized carbons (Fsp3) is 0.280. The molecule has 0 aliphatic heterocycles. The average Bonchev–Trinajstić information content (AvgIpc) is 2.71. The lowest BCUT2D eigenvalue weighted by molar-refractivity contribution is 0.660. The summed E-state index contributed by atoms with van der Waals surface area (Å²) in [7, 11) is -1.68. The first-order valence-electron chi connectivity index (χ1n) is 9.85. The molecule has 0 amide bonds. The molecule has 0 aliphatic rings. The van der Waals surface area contributed by atoms with Crippen molar-refractivity contribution in [3.8, 4) is 0 Å². The Bertz CT molecular complexity index is 668. The van der Waals surface area contributed by atoms with Gasteiger partial charge in [-0.1, -0.05) is 74.4 Å². The van der Waals surface area contributed by atoms with E-state index in [9.17, 15) is 0 Å². The molecule has 0 fully saturated rings. The van der Waals surface area contributed by atoms with Gasteiger partial charge in [-0.15, -0.1) is 0 Å². The molecule has 0 saturated carbocycles. The largest absolute Gasteiger partial charge is 0.114 e. The zero-order valence-electron chi connectivity index (χ0n) is 16.0. The van der Waals surface area contributed by atoms with E-state index in [2.05, 4.69) is 105 Å². The molecule has 0 aromatic heterocycles. The third kappa shape index (κ3) is 3.76. The van der Waals surface area contributed by atoms with Crippen LogP contribution in [0.25, 0.3) is 0 Å². The zero-order valence-corrected chi connectivity index (χ0v) is 16.9. The Labute approximate surface area is 159 Å². The highest BCUT2D eigenvalue weighted by atomic mass is 31.2. The molecule has 0 N–H and O–H groups in total. The van der Waals surface area contributed by atoms with Crippen LogP contribution in [0, 0.1) is 0 Å². The van der Waals surface area contributed by atoms with Crippen LogP contribution in [0.1, 0.15) is 39.5 Å². The first kappa shape index (κ1) is 18.9. The zero-order chi connectivity index (χ0) is 18.2. The van der Waals surface area contributed by atoms with Crippen LogP contribution in [-0.2, 0) is 0 Å². The van der Waals surface area contributed by atoms with Crippen molar-refractivity contribution in [2.75, 3.05) is 0 Å². The van der Waals surface area contributed by atoms with E-state index in [1.807, 2.05) is 0 Å². The molecule has 0 aliphatic carbocycles. The van der Waals surface area contributed by atoms with Crippen molar-refractivity contribution >= 4 is 23.2 Å². The Morgan fingerprint density at radius 1 is 0.615 bits per heavy atom. The van der Waals surface area contributed by atoms with Gasteiger partial charge in [0.15, 0.2) is 0 Å². The highest BCUT2D eigenvalue weighted by Gasteiger charge is 2.49. The summed E-state index contributed by atoms with van der Waals surface area (Å²) in [6, 6.07) is 33.7. The first-order chi connectivity index (χ1) is 12.8. The van der Waals surface area contributed by atoms with Gasteiger partial charge in [0.2, 0.25) is 0 Å². The van der Waals surface area contributed by atoms with E-state index in [0.29, 0.717) is 5.66 Å². The van der Waals surface area contributed by atoms with Gasteiger partial charge in [0.25, 0.3) is 0 Å². The lowest BCUT2D eigenvalue weighted by Crippen LogP contribution is -2.37. The maximum atomic E-state index is 2.48. The molecule has 3 aromatic carbocycles. The van der Waals surface area contributed by atoms with Crippen LogP contribution in [0.4, 0.5) is 0 Å². The minimum absolute atomic E-state index is 0.626. The molecule has 26 heavy (non-hydrogen) atoms. The van der Waals surface area contributed by atoms with Crippen molar-refractivity contribution in [1.82, 2.24) is 0 Å². The smallest absolute Gasteiger partial charge is 0.0654 e. The standard InChI is InChI=1S/C25H30P/c1-3-4-8-15-22(2)26(23-16-9-5-10-17-23,24-18-11-6-12-19-24)25-20-13-7-14-21-25/h5-7,9-14,16-22H,3-4,8,15H2,1-2H3/q+1/t22-/m1/s1. The fourth-order valence-electron chi connectivity index (χ4n) is 4.08. The Morgan fingerprint density at radius 3 is 1.35 bits per heavy atom. The molecule has 3 rings (SSSR count). The third-order valence-electron chi connectivity index (χ3n) is 5.38. The van der Waals surface area contributed by atoms with Crippen LogP contribution in [0.2, 0.25) is 0 Å². The predicted octanol–water partition coefficient (Wildman–Crippen LogP) is 5.95. The van der Waals surface area contributed by atoms with Crippen LogP contribution in [0.3, 0.4) is 0 Å². The molecule has 0 heterocycles. The lowest BCUT2D eigenvalue weighted by atomic mass is 10.2. The molecule has 1 heteroatoms. The van der Waals surface area contributed by atoms with Gasteiger partial charge in [-0.05, 0) is 56.2 Å². The SMILES string of the molecule is CCCCC[C@@H](C)[P+](c1ccccc1)(c1ccccc1)c1ccccc1. The molecule has 134 valence electrons. The highest BCUT2D eigenvalue weighted by Crippen LogP contribution is 2.60. The van der Waals surface area contributed by atoms with Gasteiger partial charge in [0.1, 0.15) is 23.2 Å². The normalized spacial score (nSPS) is 12.7. The highest BCUT2D eigenvalue weighted by molar-refractivity contribution is 7.96. The molecule has 0 nitrogen and oxygen atoms in total. The molecular formula is C25H30P+. The first-order valence-corrected chi connectivity index (χ1v) is 11.7. The molecule has 3 aromatic rings. The van der Waals surface area contributed by atoms with Crippen LogP contribution >= 0.6 is 7.26 Å². The number of rotatable bonds is 8. The molecule has 1 atom stereocenters. The van der Waals surface area contributed by atoms with Gasteiger partial charge in [0, 0.05) is 0 Å². The number of hydrogen-bond acceptors (Lipinski definition) is 0. The topological polar surface area (TPSA) is 0 Å². The van der Waals surface area contributed by atoms with E-state index in [-0.39, 0.29) is 0 Å². The summed E-state index contributed by atoms with van der Waals surface area (Å²) < 4.78 is 0. The van der Waals surface area contributed by atoms with Crippen molar-refractivity contribution in [1.29, 1.82) is 0 Å². The summed E-state index contributed by atoms with van der Waals surface area (Å²) in [6.07, 6.45) is 5.19. The van der Waals surface area contributed by atoms with Crippen LogP contribution in [0.5, 0.6) is 0 Å². The summed E-state index contributed by atoms with van der Waals surface area (Å²) in [5.41, 5.74) is 0.626. The minimum Gasteiger partial charge on any atom is -0.0654 e.